The molecule has 0 amide bonds. The SMILES string of the molecule is O=NN1CCOCCOCCOCCOCCOCC1. The molecule has 8 nitrogen and oxygen atoms in total. The predicted molar refractivity (Wildman–Crippen MR) is 71.5 cm³/mol. The molecule has 118 valence electrons. The van der Waals surface area contributed by atoms with Crippen molar-refractivity contribution in [2.24, 2.45) is 5.29 Å². The molecule has 1 aliphatic heterocycles. The maximum Gasteiger partial charge on any atom is 0.0701 e. The fourth-order valence-corrected chi connectivity index (χ4v) is 1.52. The third-order valence-electron chi connectivity index (χ3n) is 2.59. The fraction of sp³-hybridized carbons (Fsp3) is 1.00. The van der Waals surface area contributed by atoms with E-state index in [1.807, 2.05) is 0 Å². The van der Waals surface area contributed by atoms with E-state index in [1.54, 1.807) is 0 Å². The predicted octanol–water partition coefficient (Wildman–Crippen LogP) is 0.0664. The third kappa shape index (κ3) is 10.0. The van der Waals surface area contributed by atoms with Crippen LogP contribution in [0.25, 0.3) is 0 Å². The molecule has 0 saturated carbocycles. The van der Waals surface area contributed by atoms with Gasteiger partial charge < -0.3 is 23.7 Å². The van der Waals surface area contributed by atoms with Crippen LogP contribution in [-0.2, 0) is 23.7 Å². The number of hydrogen-bond donors (Lipinski definition) is 0. The Balaban J connectivity index is 2.16. The molecule has 0 aromatic rings. The van der Waals surface area contributed by atoms with Crippen LogP contribution in [0.5, 0.6) is 0 Å². The van der Waals surface area contributed by atoms with Crippen molar-refractivity contribution in [3.05, 3.63) is 4.91 Å². The first-order valence-electron chi connectivity index (χ1n) is 6.90. The van der Waals surface area contributed by atoms with Crippen LogP contribution in [0.1, 0.15) is 0 Å². The summed E-state index contributed by atoms with van der Waals surface area (Å²) >= 11 is 0. The molecule has 1 saturated heterocycles. The van der Waals surface area contributed by atoms with E-state index in [0.29, 0.717) is 79.2 Å². The average molecular weight is 292 g/mol. The second-order valence-electron chi connectivity index (χ2n) is 4.10. The Morgan fingerprint density at radius 3 is 1.15 bits per heavy atom. The maximum atomic E-state index is 10.6. The number of rotatable bonds is 1. The molecule has 1 heterocycles. The number of ether oxygens (including phenoxy) is 5. The summed E-state index contributed by atoms with van der Waals surface area (Å²) in [4.78, 5) is 10.6. The summed E-state index contributed by atoms with van der Waals surface area (Å²) in [6.07, 6.45) is 0. The van der Waals surface area contributed by atoms with Crippen molar-refractivity contribution in [1.29, 1.82) is 0 Å². The molecular formula is C12H24N2O6. The zero-order chi connectivity index (χ0) is 14.3. The minimum Gasteiger partial charge on any atom is -0.377 e. The molecule has 0 aliphatic carbocycles. The van der Waals surface area contributed by atoms with E-state index < -0.39 is 0 Å². The quantitative estimate of drug-likeness (QED) is 0.633. The van der Waals surface area contributed by atoms with E-state index in [2.05, 4.69) is 5.29 Å². The van der Waals surface area contributed by atoms with Gasteiger partial charge in [-0.15, -0.1) is 4.91 Å². The van der Waals surface area contributed by atoms with Gasteiger partial charge in [0.05, 0.1) is 84.4 Å². The van der Waals surface area contributed by atoms with Gasteiger partial charge in [0.2, 0.25) is 0 Å². The van der Waals surface area contributed by atoms with Crippen LogP contribution in [0.4, 0.5) is 0 Å². The largest absolute Gasteiger partial charge is 0.377 e. The van der Waals surface area contributed by atoms with Crippen molar-refractivity contribution in [1.82, 2.24) is 5.01 Å². The lowest BCUT2D eigenvalue weighted by Crippen LogP contribution is -2.27. The molecule has 0 radical (unpaired) electrons. The van der Waals surface area contributed by atoms with Crippen molar-refractivity contribution in [3.8, 4) is 0 Å². The van der Waals surface area contributed by atoms with Crippen molar-refractivity contribution >= 4 is 0 Å². The van der Waals surface area contributed by atoms with Gasteiger partial charge in [0.1, 0.15) is 0 Å². The first kappa shape index (κ1) is 17.3. The molecule has 0 unspecified atom stereocenters. The molecule has 0 bridgehead atoms. The standard InChI is InChI=1S/C12H24N2O6/c15-13-14-1-3-16-5-7-18-9-11-20-12-10-19-8-6-17-4-2-14/h1-12H2. The van der Waals surface area contributed by atoms with E-state index in [4.69, 9.17) is 23.7 Å². The number of nitrogens with zero attached hydrogens (tertiary/aromatic N) is 2. The Kier molecular flexibility index (Phi) is 11.4. The normalized spacial score (nSPS) is 22.7. The van der Waals surface area contributed by atoms with Crippen molar-refractivity contribution in [3.63, 3.8) is 0 Å². The van der Waals surface area contributed by atoms with Gasteiger partial charge in [0.25, 0.3) is 0 Å². The van der Waals surface area contributed by atoms with Gasteiger partial charge in [-0.1, -0.05) is 0 Å². The fourth-order valence-electron chi connectivity index (χ4n) is 1.52. The lowest BCUT2D eigenvalue weighted by Gasteiger charge is -2.15. The van der Waals surface area contributed by atoms with Crippen LogP contribution in [-0.4, -0.2) is 84.2 Å². The molecule has 1 rings (SSSR count). The smallest absolute Gasteiger partial charge is 0.0701 e. The Bertz CT molecular complexity index is 214. The third-order valence-corrected chi connectivity index (χ3v) is 2.59. The highest BCUT2D eigenvalue weighted by Gasteiger charge is 2.03. The number of hydrogen-bond acceptors (Lipinski definition) is 7. The summed E-state index contributed by atoms with van der Waals surface area (Å²) in [6, 6.07) is 0. The molecule has 0 atom stereocenters. The minimum atomic E-state index is 0.439. The van der Waals surface area contributed by atoms with Crippen LogP contribution < -0.4 is 0 Å². The maximum absolute atomic E-state index is 10.6. The van der Waals surface area contributed by atoms with Crippen LogP contribution in [0, 0.1) is 4.91 Å². The monoisotopic (exact) mass is 292 g/mol. The molecule has 0 aromatic carbocycles. The Morgan fingerprint density at radius 2 is 0.850 bits per heavy atom. The van der Waals surface area contributed by atoms with Crippen LogP contribution in [0.2, 0.25) is 0 Å². The van der Waals surface area contributed by atoms with Crippen molar-refractivity contribution < 1.29 is 23.7 Å². The van der Waals surface area contributed by atoms with E-state index in [0.717, 1.165) is 0 Å². The molecule has 0 aromatic heterocycles. The summed E-state index contributed by atoms with van der Waals surface area (Å²) in [5.41, 5.74) is 0. The highest BCUT2D eigenvalue weighted by molar-refractivity contribution is 4.50. The van der Waals surface area contributed by atoms with E-state index >= 15 is 0 Å². The van der Waals surface area contributed by atoms with Gasteiger partial charge in [0.15, 0.2) is 0 Å². The molecule has 8 heteroatoms. The Morgan fingerprint density at radius 1 is 0.550 bits per heavy atom. The zero-order valence-electron chi connectivity index (χ0n) is 11.8. The molecule has 20 heavy (non-hydrogen) atoms. The molecule has 1 aliphatic rings. The van der Waals surface area contributed by atoms with E-state index in [-0.39, 0.29) is 0 Å². The van der Waals surface area contributed by atoms with Crippen molar-refractivity contribution in [2.75, 3.05) is 79.2 Å². The lowest BCUT2D eigenvalue weighted by atomic mass is 10.5. The minimum absolute atomic E-state index is 0.439. The van der Waals surface area contributed by atoms with Crippen LogP contribution in [0.15, 0.2) is 5.29 Å². The summed E-state index contributed by atoms with van der Waals surface area (Å²) in [5, 5.41) is 4.31. The molecule has 1 fully saturated rings. The van der Waals surface area contributed by atoms with Crippen LogP contribution in [0.3, 0.4) is 0 Å². The molecule has 0 spiro atoms. The second-order valence-corrected chi connectivity index (χ2v) is 4.10. The number of nitroso groups, excluding NO2 is 1. The Hall–Kier alpha value is -0.800. The molecule has 0 N–H and O–H groups in total. The van der Waals surface area contributed by atoms with E-state index in [1.165, 1.54) is 5.01 Å². The Labute approximate surface area is 119 Å². The van der Waals surface area contributed by atoms with Gasteiger partial charge in [-0.05, 0) is 0 Å². The van der Waals surface area contributed by atoms with Crippen LogP contribution >= 0.6 is 0 Å². The molecular weight excluding hydrogens is 268 g/mol. The highest BCUT2D eigenvalue weighted by Crippen LogP contribution is 1.91. The lowest BCUT2D eigenvalue weighted by molar-refractivity contribution is -0.0185. The highest BCUT2D eigenvalue weighted by atomic mass is 16.6. The summed E-state index contributed by atoms with van der Waals surface area (Å²) in [5.74, 6) is 0. The zero-order valence-corrected chi connectivity index (χ0v) is 11.8. The topological polar surface area (TPSA) is 78.8 Å². The van der Waals surface area contributed by atoms with Gasteiger partial charge in [0, 0.05) is 0 Å². The van der Waals surface area contributed by atoms with Crippen molar-refractivity contribution in [2.45, 2.75) is 0 Å². The van der Waals surface area contributed by atoms with Gasteiger partial charge in [-0.2, -0.15) is 0 Å². The van der Waals surface area contributed by atoms with Gasteiger partial charge >= 0.3 is 0 Å². The van der Waals surface area contributed by atoms with Gasteiger partial charge in [-0.3, -0.25) is 5.01 Å². The van der Waals surface area contributed by atoms with E-state index in [9.17, 15) is 4.91 Å². The average Bonchev–Trinajstić information content (AvgIpc) is 2.47. The summed E-state index contributed by atoms with van der Waals surface area (Å²) in [7, 11) is 0. The first-order chi connectivity index (χ1) is 9.93. The second kappa shape index (κ2) is 13.2. The van der Waals surface area contributed by atoms with Gasteiger partial charge in [-0.25, -0.2) is 0 Å². The summed E-state index contributed by atoms with van der Waals surface area (Å²) in [6.45, 7) is 5.95. The first-order valence-corrected chi connectivity index (χ1v) is 6.90. The summed E-state index contributed by atoms with van der Waals surface area (Å²) < 4.78 is 26.7.